The van der Waals surface area contributed by atoms with Crippen LogP contribution in [0.2, 0.25) is 0 Å². The van der Waals surface area contributed by atoms with Gasteiger partial charge in [0, 0.05) is 44.8 Å². The molecule has 0 heterocycles. The van der Waals surface area contributed by atoms with Gasteiger partial charge in [-0.2, -0.15) is 0 Å². The molecule has 28 valence electrons. The minimum absolute atomic E-state index is 0. The van der Waals surface area contributed by atoms with Crippen LogP contribution in [0, 0.1) is 0 Å². The Hall–Kier alpha value is 1.37. The maximum absolute atomic E-state index is 8.74. The van der Waals surface area contributed by atoms with Gasteiger partial charge in [-0.3, -0.25) is 5.91 Å². The summed E-state index contributed by atoms with van der Waals surface area (Å²) in [6, 6.07) is 0. The fraction of sp³-hybridized carbons (Fsp3) is 0. The first-order valence-corrected chi connectivity index (χ1v) is 1.70. The molecular weight excluding hydrogens is 330 g/mol. The van der Waals surface area contributed by atoms with Gasteiger partial charge in [0.05, 0.1) is 0 Å². The SMILES string of the molecule is O=[C-][SiH3].[Nb].[Ta]. The first-order chi connectivity index (χ1) is 1.41. The molecule has 0 saturated carbocycles. The predicted molar refractivity (Wildman–Crippen MR) is 15.6 cm³/mol. The van der Waals surface area contributed by atoms with Crippen molar-refractivity contribution < 1.29 is 49.6 Å². The van der Waals surface area contributed by atoms with Crippen LogP contribution in [0.1, 0.15) is 0 Å². The maximum atomic E-state index is 8.74. The molecule has 5 heavy (non-hydrogen) atoms. The Balaban J connectivity index is -0.0000000200. The van der Waals surface area contributed by atoms with E-state index in [0.29, 0.717) is 10.2 Å². The van der Waals surface area contributed by atoms with Crippen LogP contribution in [0.25, 0.3) is 0 Å². The van der Waals surface area contributed by atoms with Gasteiger partial charge >= 0.3 is 0 Å². The Labute approximate surface area is 65.3 Å². The van der Waals surface area contributed by atoms with Crippen LogP contribution in [-0.2, 0) is 49.6 Å². The van der Waals surface area contributed by atoms with Gasteiger partial charge < -0.3 is 4.79 Å². The van der Waals surface area contributed by atoms with E-state index in [0.717, 1.165) is 0 Å². The van der Waals surface area contributed by atoms with Gasteiger partial charge in [0.2, 0.25) is 0 Å². The van der Waals surface area contributed by atoms with Gasteiger partial charge in [-0.1, -0.05) is 0 Å². The van der Waals surface area contributed by atoms with Crippen LogP contribution < -0.4 is 0 Å². The van der Waals surface area contributed by atoms with Crippen molar-refractivity contribution in [3.63, 3.8) is 0 Å². The van der Waals surface area contributed by atoms with Crippen molar-refractivity contribution in [3.05, 3.63) is 0 Å². The zero-order valence-electron chi connectivity index (χ0n) is 2.80. The van der Waals surface area contributed by atoms with Crippen LogP contribution in [0.3, 0.4) is 0 Å². The van der Waals surface area contributed by atoms with Gasteiger partial charge in [0.25, 0.3) is 0 Å². The van der Waals surface area contributed by atoms with Crippen LogP contribution in [0.4, 0.5) is 0 Å². The Kier molecular flexibility index (Phi) is 59.1. The zero-order chi connectivity index (χ0) is 2.71. The van der Waals surface area contributed by atoms with Gasteiger partial charge in [0.15, 0.2) is 0 Å². The van der Waals surface area contributed by atoms with Crippen molar-refractivity contribution in [1.82, 2.24) is 0 Å². The molecule has 0 aliphatic rings. The molecule has 0 rings (SSSR count). The summed E-state index contributed by atoms with van der Waals surface area (Å²) in [6.07, 6.45) is 0. The normalized spacial score (nSPS) is 3.20. The Morgan fingerprint density at radius 2 is 1.60 bits per heavy atom. The van der Waals surface area contributed by atoms with Crippen LogP contribution in [-0.4, -0.2) is 16.2 Å². The molecular formula is CH3NbOSiTa-. The van der Waals surface area contributed by atoms with Gasteiger partial charge in [-0.25, -0.2) is 0 Å². The molecule has 0 aliphatic carbocycles. The van der Waals surface area contributed by atoms with Gasteiger partial charge in [0.1, 0.15) is 0 Å². The average molecular weight is 333 g/mol. The second-order valence-electron chi connectivity index (χ2n) is 0.204. The summed E-state index contributed by atoms with van der Waals surface area (Å²) in [5, 5.41) is 0. The summed E-state index contributed by atoms with van der Waals surface area (Å²) in [6.45, 7) is 0. The van der Waals surface area contributed by atoms with Crippen molar-refractivity contribution in [2.75, 3.05) is 0 Å². The molecule has 0 saturated heterocycles. The maximum Gasteiger partial charge on any atom is 0 e. The largest absolute Gasteiger partial charge is 0.544 e. The average Bonchev–Trinajstić information content (AvgIpc) is 0.918. The van der Waals surface area contributed by atoms with Crippen LogP contribution in [0.15, 0.2) is 0 Å². The summed E-state index contributed by atoms with van der Waals surface area (Å²) in [4.78, 5) is 8.74. The van der Waals surface area contributed by atoms with Crippen molar-refractivity contribution in [2.45, 2.75) is 0 Å². The third-order valence-corrected chi connectivity index (χ3v) is 0. The molecule has 0 fully saturated rings. The van der Waals surface area contributed by atoms with E-state index < -0.39 is 0 Å². The van der Waals surface area contributed by atoms with Gasteiger partial charge in [-0.15, -0.1) is 10.2 Å². The first-order valence-electron chi connectivity index (χ1n) is 0.704. The van der Waals surface area contributed by atoms with Crippen LogP contribution >= 0.6 is 0 Å². The van der Waals surface area contributed by atoms with Crippen molar-refractivity contribution in [2.24, 2.45) is 0 Å². The molecule has 0 aromatic carbocycles. The van der Waals surface area contributed by atoms with E-state index in [1.807, 2.05) is 0 Å². The molecule has 0 N–H and O–H groups in total. The molecule has 0 spiro atoms. The summed E-state index contributed by atoms with van der Waals surface area (Å²) in [7, 11) is 0.563. The molecule has 0 atom stereocenters. The van der Waals surface area contributed by atoms with Crippen molar-refractivity contribution >= 4 is 16.2 Å². The molecule has 0 aliphatic heterocycles. The predicted octanol–water partition coefficient (Wildman–Crippen LogP) is -1.59. The second kappa shape index (κ2) is 18.3. The fourth-order valence-electron chi connectivity index (χ4n) is 0. The number of hydrogen-bond acceptors (Lipinski definition) is 1. The monoisotopic (exact) mass is 333 g/mol. The van der Waals surface area contributed by atoms with E-state index in [-0.39, 0.29) is 44.8 Å². The molecule has 0 aromatic rings. The van der Waals surface area contributed by atoms with E-state index >= 15 is 0 Å². The number of rotatable bonds is 0. The third-order valence-electron chi connectivity index (χ3n) is 0. The first kappa shape index (κ1) is 16.2. The van der Waals surface area contributed by atoms with Crippen molar-refractivity contribution in [1.29, 1.82) is 0 Å². The minimum atomic E-state index is 0. The molecule has 4 heteroatoms. The molecule has 1 nitrogen and oxygen atoms in total. The second-order valence-corrected chi connectivity index (χ2v) is 0.612. The summed E-state index contributed by atoms with van der Waals surface area (Å²) < 4.78 is 0. The molecule has 2 radical (unpaired) electrons. The Morgan fingerprint density at radius 1 is 1.60 bits per heavy atom. The topological polar surface area (TPSA) is 17.1 Å². The summed E-state index contributed by atoms with van der Waals surface area (Å²) in [5.41, 5.74) is 0. The number of hydrogen-bond donors (Lipinski definition) is 0. The smallest absolute Gasteiger partial charge is 0 e. The molecule has 0 amide bonds. The third kappa shape index (κ3) is 32.6. The minimum Gasteiger partial charge on any atom is -0.544 e. The fourth-order valence-corrected chi connectivity index (χ4v) is 0. The van der Waals surface area contributed by atoms with Gasteiger partial charge in [-0.05, 0) is 0 Å². The summed E-state index contributed by atoms with van der Waals surface area (Å²) in [5.74, 6) is 1.64. The molecule has 0 unspecified atom stereocenters. The van der Waals surface area contributed by atoms with E-state index in [2.05, 4.69) is 0 Å². The van der Waals surface area contributed by atoms with E-state index in [1.165, 1.54) is 0 Å². The zero-order valence-corrected chi connectivity index (χ0v) is 10.2. The number of carbonyl (C=O) groups excluding carboxylic acids is 1. The van der Waals surface area contributed by atoms with Crippen molar-refractivity contribution in [3.8, 4) is 0 Å². The van der Waals surface area contributed by atoms with Crippen LogP contribution in [0.5, 0.6) is 0 Å². The van der Waals surface area contributed by atoms with E-state index in [4.69, 9.17) is 4.79 Å². The van der Waals surface area contributed by atoms with E-state index in [9.17, 15) is 0 Å². The molecule has 0 aromatic heterocycles. The Morgan fingerprint density at radius 3 is 1.60 bits per heavy atom. The summed E-state index contributed by atoms with van der Waals surface area (Å²) >= 11 is 0. The Bertz CT molecular complexity index is 19.1. The van der Waals surface area contributed by atoms with E-state index in [1.54, 1.807) is 5.91 Å². The molecule has 0 bridgehead atoms. The standard InChI is InChI=1S/CH3OSi.Nb.Ta/c2-1-3;;/h3H3;;/q-1;;. The quantitative estimate of drug-likeness (QED) is 0.386.